The minimum Gasteiger partial charge on any atom is -0.368 e. The normalized spacial score (nSPS) is 70.4. The van der Waals surface area contributed by atoms with E-state index in [-0.39, 0.29) is 0 Å². The van der Waals surface area contributed by atoms with Crippen molar-refractivity contribution in [3.63, 3.8) is 0 Å². The van der Waals surface area contributed by atoms with Gasteiger partial charge < -0.3 is 4.74 Å². The Hall–Kier alpha value is -0.300. The van der Waals surface area contributed by atoms with E-state index in [1.54, 1.807) is 12.8 Å². The maximum Gasteiger partial charge on any atom is 0.0916 e. The van der Waals surface area contributed by atoms with E-state index < -0.39 is 0 Å². The fourth-order valence-electron chi connectivity index (χ4n) is 6.48. The highest BCUT2D eigenvalue weighted by molar-refractivity contribution is 5.47. The van der Waals surface area contributed by atoms with Gasteiger partial charge in [-0.05, 0) is 49.4 Å². The first-order valence-electron chi connectivity index (χ1n) is 6.83. The Morgan fingerprint density at radius 1 is 0.933 bits per heavy atom. The van der Waals surface area contributed by atoms with Crippen molar-refractivity contribution in [2.75, 3.05) is 0 Å². The van der Waals surface area contributed by atoms with Crippen LogP contribution in [0, 0.1) is 35.5 Å². The Bertz CT molecular complexity index is 423. The summed E-state index contributed by atoms with van der Waals surface area (Å²) < 4.78 is 5.94. The molecule has 4 fully saturated rings. The number of hydrogen-bond donors (Lipinski definition) is 0. The molecule has 1 saturated heterocycles. The number of epoxide rings is 1. The van der Waals surface area contributed by atoms with E-state index >= 15 is 0 Å². The molecule has 6 aliphatic rings. The fraction of sp³-hybridized carbons (Fsp3) is 0.857. The second kappa shape index (κ2) is 1.84. The highest BCUT2D eigenvalue weighted by Gasteiger charge is 2.71. The predicted octanol–water partition coefficient (Wildman–Crippen LogP) is 2.38. The molecule has 0 bridgehead atoms. The minimum atomic E-state index is 0.697. The van der Waals surface area contributed by atoms with E-state index in [0.29, 0.717) is 12.2 Å². The molecule has 1 aliphatic heterocycles. The molecule has 8 unspecified atom stereocenters. The molecule has 0 aromatic carbocycles. The molecule has 0 N–H and O–H groups in total. The Balaban J connectivity index is 1.67. The van der Waals surface area contributed by atoms with Crippen LogP contribution in [0.5, 0.6) is 0 Å². The summed E-state index contributed by atoms with van der Waals surface area (Å²) >= 11 is 0. The Labute approximate surface area is 89.9 Å². The van der Waals surface area contributed by atoms with Gasteiger partial charge in [-0.2, -0.15) is 0 Å². The topological polar surface area (TPSA) is 12.5 Å². The molecule has 1 heteroatoms. The zero-order chi connectivity index (χ0) is 9.31. The molecule has 0 aromatic heterocycles. The molecule has 3 saturated carbocycles. The van der Waals surface area contributed by atoms with Gasteiger partial charge in [-0.3, -0.25) is 0 Å². The average Bonchev–Trinajstić information content (AvgIpc) is 2.62. The lowest BCUT2D eigenvalue weighted by Crippen LogP contribution is -2.17. The largest absolute Gasteiger partial charge is 0.368 e. The van der Waals surface area contributed by atoms with Crippen molar-refractivity contribution in [1.82, 2.24) is 0 Å². The van der Waals surface area contributed by atoms with E-state index in [4.69, 9.17) is 4.74 Å². The standard InChI is InChI=1S/C14H16O/c1-2-7-9-5(1)3-6-4-8-11(10(6)9)12(7)14-13(8)15-14/h5-9,12-14H,1-4H2. The molecule has 0 spiro atoms. The molecule has 0 radical (unpaired) electrons. The monoisotopic (exact) mass is 200 g/mol. The number of allylic oxidation sites excluding steroid dienone is 1. The van der Waals surface area contributed by atoms with E-state index in [2.05, 4.69) is 0 Å². The van der Waals surface area contributed by atoms with E-state index in [0.717, 1.165) is 35.5 Å². The summed E-state index contributed by atoms with van der Waals surface area (Å²) in [4.78, 5) is 0. The highest BCUT2D eigenvalue weighted by Crippen LogP contribution is 2.74. The van der Waals surface area contributed by atoms with Gasteiger partial charge in [-0.25, -0.2) is 0 Å². The van der Waals surface area contributed by atoms with Crippen molar-refractivity contribution >= 4 is 0 Å². The first-order chi connectivity index (χ1) is 7.43. The maximum atomic E-state index is 5.94. The SMILES string of the molecule is C1CC2C3C4=C5C(CC4CC13)C1OC1C52. The average molecular weight is 200 g/mol. The fourth-order valence-corrected chi connectivity index (χ4v) is 6.48. The van der Waals surface area contributed by atoms with E-state index in [9.17, 15) is 0 Å². The van der Waals surface area contributed by atoms with Crippen molar-refractivity contribution in [3.05, 3.63) is 11.1 Å². The third kappa shape index (κ3) is 0.544. The van der Waals surface area contributed by atoms with Crippen LogP contribution in [0.3, 0.4) is 0 Å². The lowest BCUT2D eigenvalue weighted by Gasteiger charge is -2.20. The van der Waals surface area contributed by atoms with Gasteiger partial charge in [0.2, 0.25) is 0 Å². The number of fused-ring (bicyclic) bond motifs is 4. The van der Waals surface area contributed by atoms with Crippen LogP contribution in [-0.4, -0.2) is 12.2 Å². The summed E-state index contributed by atoms with van der Waals surface area (Å²) in [6.45, 7) is 0. The molecule has 0 amide bonds. The van der Waals surface area contributed by atoms with Crippen LogP contribution < -0.4 is 0 Å². The van der Waals surface area contributed by atoms with Gasteiger partial charge in [0, 0.05) is 11.8 Å². The molecular weight excluding hydrogens is 184 g/mol. The molecule has 6 rings (SSSR count). The molecular formula is C14H16O. The lowest BCUT2D eigenvalue weighted by molar-refractivity contribution is 0.225. The van der Waals surface area contributed by atoms with Crippen molar-refractivity contribution in [3.8, 4) is 0 Å². The van der Waals surface area contributed by atoms with Gasteiger partial charge >= 0.3 is 0 Å². The van der Waals surface area contributed by atoms with Crippen LogP contribution in [0.15, 0.2) is 11.1 Å². The van der Waals surface area contributed by atoms with Crippen LogP contribution in [0.4, 0.5) is 0 Å². The molecule has 5 aliphatic carbocycles. The van der Waals surface area contributed by atoms with Crippen molar-refractivity contribution in [1.29, 1.82) is 0 Å². The number of ether oxygens (including phenoxy) is 1. The molecule has 15 heavy (non-hydrogen) atoms. The van der Waals surface area contributed by atoms with Crippen LogP contribution in [0.1, 0.15) is 25.7 Å². The van der Waals surface area contributed by atoms with Crippen LogP contribution >= 0.6 is 0 Å². The van der Waals surface area contributed by atoms with E-state index in [1.807, 2.05) is 11.1 Å². The zero-order valence-corrected chi connectivity index (χ0v) is 8.86. The highest BCUT2D eigenvalue weighted by atomic mass is 16.6. The summed E-state index contributed by atoms with van der Waals surface area (Å²) in [5, 5.41) is 0. The quantitative estimate of drug-likeness (QED) is 0.432. The molecule has 0 aromatic rings. The van der Waals surface area contributed by atoms with Gasteiger partial charge in [0.25, 0.3) is 0 Å². The third-order valence-electron chi connectivity index (χ3n) is 6.63. The van der Waals surface area contributed by atoms with Gasteiger partial charge in [0.15, 0.2) is 0 Å². The van der Waals surface area contributed by atoms with Crippen molar-refractivity contribution < 1.29 is 4.74 Å². The summed E-state index contributed by atoms with van der Waals surface area (Å²) in [6, 6.07) is 0. The first-order valence-corrected chi connectivity index (χ1v) is 6.83. The summed E-state index contributed by atoms with van der Waals surface area (Å²) in [7, 11) is 0. The molecule has 78 valence electrons. The predicted molar refractivity (Wildman–Crippen MR) is 55.1 cm³/mol. The van der Waals surface area contributed by atoms with Crippen LogP contribution in [0.25, 0.3) is 0 Å². The summed E-state index contributed by atoms with van der Waals surface area (Å²) in [5.41, 5.74) is 3.98. The van der Waals surface area contributed by atoms with Gasteiger partial charge in [-0.15, -0.1) is 0 Å². The second-order valence-electron chi connectivity index (χ2n) is 6.80. The zero-order valence-electron chi connectivity index (χ0n) is 8.86. The molecule has 1 nitrogen and oxygen atoms in total. The van der Waals surface area contributed by atoms with Crippen molar-refractivity contribution in [2.24, 2.45) is 35.5 Å². The van der Waals surface area contributed by atoms with E-state index in [1.165, 1.54) is 12.8 Å². The summed E-state index contributed by atoms with van der Waals surface area (Å²) in [6.07, 6.45) is 7.51. The Morgan fingerprint density at radius 3 is 2.93 bits per heavy atom. The summed E-state index contributed by atoms with van der Waals surface area (Å²) in [5.74, 6) is 6.07. The smallest absolute Gasteiger partial charge is 0.0916 e. The van der Waals surface area contributed by atoms with Crippen molar-refractivity contribution in [2.45, 2.75) is 37.9 Å². The van der Waals surface area contributed by atoms with Gasteiger partial charge in [-0.1, -0.05) is 11.1 Å². The van der Waals surface area contributed by atoms with Gasteiger partial charge in [0.1, 0.15) is 0 Å². The number of rotatable bonds is 0. The molecule has 8 atom stereocenters. The molecule has 1 heterocycles. The minimum absolute atomic E-state index is 0.697. The van der Waals surface area contributed by atoms with Gasteiger partial charge in [0.05, 0.1) is 12.2 Å². The Kier molecular flexibility index (Phi) is 0.870. The van der Waals surface area contributed by atoms with Crippen LogP contribution in [0.2, 0.25) is 0 Å². The maximum absolute atomic E-state index is 5.94. The lowest BCUT2D eigenvalue weighted by atomic mass is 9.85. The first kappa shape index (κ1) is 7.11. The van der Waals surface area contributed by atoms with Crippen LogP contribution in [-0.2, 0) is 4.74 Å². The second-order valence-corrected chi connectivity index (χ2v) is 6.80. The Morgan fingerprint density at radius 2 is 1.93 bits per heavy atom. The third-order valence-corrected chi connectivity index (χ3v) is 6.63. The number of hydrogen-bond acceptors (Lipinski definition) is 1.